The lowest BCUT2D eigenvalue weighted by Gasteiger charge is -2.12. The van der Waals surface area contributed by atoms with E-state index in [4.69, 9.17) is 5.11 Å². The minimum absolute atomic E-state index is 0.0323. The third kappa shape index (κ3) is 6.16. The van der Waals surface area contributed by atoms with E-state index in [1.807, 2.05) is 37.3 Å². The largest absolute Gasteiger partial charge is 0.481 e. The van der Waals surface area contributed by atoms with Crippen LogP contribution >= 0.6 is 0 Å². The molecule has 0 amide bonds. The molecule has 0 fully saturated rings. The monoisotopic (exact) mass is 299 g/mol. The molecule has 6 heteroatoms. The number of carboxylic acids is 1. The molecule has 5 nitrogen and oxygen atoms in total. The zero-order valence-electron chi connectivity index (χ0n) is 11.6. The van der Waals surface area contributed by atoms with E-state index in [-0.39, 0.29) is 12.3 Å². The molecular weight excluding hydrogens is 278 g/mol. The van der Waals surface area contributed by atoms with E-state index >= 15 is 0 Å². The Labute approximate surface area is 120 Å². The number of hydrogen-bond acceptors (Lipinski definition) is 3. The van der Waals surface area contributed by atoms with Gasteiger partial charge in [-0.05, 0) is 18.4 Å². The molecule has 1 unspecified atom stereocenters. The molecule has 0 bridgehead atoms. The maximum absolute atomic E-state index is 11.8. The summed E-state index contributed by atoms with van der Waals surface area (Å²) in [6.45, 7) is 1.83. The summed E-state index contributed by atoms with van der Waals surface area (Å²) in [7, 11) is -3.44. The molecule has 1 aromatic rings. The molecule has 0 aromatic heterocycles. The maximum atomic E-state index is 11.8. The summed E-state index contributed by atoms with van der Waals surface area (Å²) in [6.07, 6.45) is 1.60. The fraction of sp³-hybridized carbons (Fsp3) is 0.500. The normalized spacial score (nSPS) is 13.1. The van der Waals surface area contributed by atoms with Gasteiger partial charge in [0, 0.05) is 6.54 Å². The van der Waals surface area contributed by atoms with Crippen LogP contribution in [0.4, 0.5) is 0 Å². The number of benzene rings is 1. The van der Waals surface area contributed by atoms with E-state index in [9.17, 15) is 13.2 Å². The first-order valence-electron chi connectivity index (χ1n) is 6.68. The maximum Gasteiger partial charge on any atom is 0.307 e. The number of nitrogens with one attached hydrogen (secondary N) is 1. The van der Waals surface area contributed by atoms with Crippen LogP contribution in [0.3, 0.4) is 0 Å². The Morgan fingerprint density at radius 3 is 2.50 bits per heavy atom. The number of sulfonamides is 1. The standard InChI is InChI=1S/C14H21NO4S/c1-2-6-13(14(16)17)11-15-20(18,19)10-9-12-7-4-3-5-8-12/h3-5,7-8,13,15H,2,6,9-11H2,1H3,(H,16,17). The van der Waals surface area contributed by atoms with Crippen LogP contribution in [0.2, 0.25) is 0 Å². The van der Waals surface area contributed by atoms with Crippen molar-refractivity contribution in [3.8, 4) is 0 Å². The van der Waals surface area contributed by atoms with Crippen molar-refractivity contribution < 1.29 is 18.3 Å². The van der Waals surface area contributed by atoms with E-state index in [1.165, 1.54) is 0 Å². The Balaban J connectivity index is 2.47. The summed E-state index contributed by atoms with van der Waals surface area (Å²) in [5.74, 6) is -1.65. The zero-order valence-corrected chi connectivity index (χ0v) is 12.4. The number of carbonyl (C=O) groups is 1. The molecule has 0 aliphatic heterocycles. The average molecular weight is 299 g/mol. The fourth-order valence-corrected chi connectivity index (χ4v) is 2.96. The van der Waals surface area contributed by atoms with Crippen molar-refractivity contribution in [3.63, 3.8) is 0 Å². The third-order valence-corrected chi connectivity index (χ3v) is 4.39. The molecule has 2 N–H and O–H groups in total. The average Bonchev–Trinajstić information content (AvgIpc) is 2.42. The summed E-state index contributed by atoms with van der Waals surface area (Å²) in [5, 5.41) is 8.97. The van der Waals surface area contributed by atoms with Crippen LogP contribution in [-0.2, 0) is 21.2 Å². The summed E-state index contributed by atoms with van der Waals surface area (Å²) >= 11 is 0. The molecule has 1 aromatic carbocycles. The van der Waals surface area contributed by atoms with E-state index in [0.717, 1.165) is 5.56 Å². The van der Waals surface area contributed by atoms with Crippen LogP contribution in [0, 0.1) is 5.92 Å². The van der Waals surface area contributed by atoms with E-state index < -0.39 is 21.9 Å². The number of hydrogen-bond donors (Lipinski definition) is 2. The SMILES string of the molecule is CCCC(CNS(=O)(=O)CCc1ccccc1)C(=O)O. The number of aryl methyl sites for hydroxylation is 1. The highest BCUT2D eigenvalue weighted by Crippen LogP contribution is 2.06. The lowest BCUT2D eigenvalue weighted by molar-refractivity contribution is -0.141. The van der Waals surface area contributed by atoms with Crippen LogP contribution in [0.5, 0.6) is 0 Å². The summed E-state index contributed by atoms with van der Waals surface area (Å²) in [5.41, 5.74) is 0.946. The van der Waals surface area contributed by atoms with Gasteiger partial charge < -0.3 is 5.11 Å². The van der Waals surface area contributed by atoms with Gasteiger partial charge >= 0.3 is 5.97 Å². The highest BCUT2D eigenvalue weighted by Gasteiger charge is 2.19. The molecule has 0 saturated heterocycles. The first kappa shape index (κ1) is 16.7. The first-order chi connectivity index (χ1) is 9.44. The van der Waals surface area contributed by atoms with E-state index in [1.54, 1.807) is 0 Å². The molecule has 0 aliphatic carbocycles. The van der Waals surface area contributed by atoms with Gasteiger partial charge in [-0.2, -0.15) is 0 Å². The topological polar surface area (TPSA) is 83.5 Å². The fourth-order valence-electron chi connectivity index (χ4n) is 1.86. The quantitative estimate of drug-likeness (QED) is 0.726. The molecule has 0 aliphatic rings. The second-order valence-corrected chi connectivity index (χ2v) is 6.65. The van der Waals surface area contributed by atoms with Crippen molar-refractivity contribution in [2.75, 3.05) is 12.3 Å². The molecule has 20 heavy (non-hydrogen) atoms. The zero-order chi connectivity index (χ0) is 15.0. The van der Waals surface area contributed by atoms with Gasteiger partial charge in [-0.1, -0.05) is 43.7 Å². The van der Waals surface area contributed by atoms with Gasteiger partial charge in [0.2, 0.25) is 10.0 Å². The number of carboxylic acid groups (broad SMARTS) is 1. The van der Waals surface area contributed by atoms with Gasteiger partial charge in [0.05, 0.1) is 11.7 Å². The smallest absolute Gasteiger partial charge is 0.307 e. The molecule has 112 valence electrons. The van der Waals surface area contributed by atoms with Gasteiger partial charge in [-0.15, -0.1) is 0 Å². The predicted molar refractivity (Wildman–Crippen MR) is 78.0 cm³/mol. The minimum atomic E-state index is -3.44. The minimum Gasteiger partial charge on any atom is -0.481 e. The van der Waals surface area contributed by atoms with Gasteiger partial charge in [-0.25, -0.2) is 13.1 Å². The van der Waals surface area contributed by atoms with Crippen molar-refractivity contribution in [1.29, 1.82) is 0 Å². The summed E-state index contributed by atoms with van der Waals surface area (Å²) in [6, 6.07) is 9.33. The van der Waals surface area contributed by atoms with Crippen LogP contribution in [-0.4, -0.2) is 31.8 Å². The van der Waals surface area contributed by atoms with E-state index in [0.29, 0.717) is 19.3 Å². The highest BCUT2D eigenvalue weighted by molar-refractivity contribution is 7.89. The van der Waals surface area contributed by atoms with Crippen LogP contribution in [0.25, 0.3) is 0 Å². The van der Waals surface area contributed by atoms with Crippen LogP contribution in [0.1, 0.15) is 25.3 Å². The van der Waals surface area contributed by atoms with Crippen molar-refractivity contribution in [3.05, 3.63) is 35.9 Å². The third-order valence-electron chi connectivity index (χ3n) is 3.04. The van der Waals surface area contributed by atoms with E-state index in [2.05, 4.69) is 4.72 Å². The van der Waals surface area contributed by atoms with Gasteiger partial charge in [0.25, 0.3) is 0 Å². The van der Waals surface area contributed by atoms with Crippen molar-refractivity contribution in [2.24, 2.45) is 5.92 Å². The van der Waals surface area contributed by atoms with Gasteiger partial charge in [-0.3, -0.25) is 4.79 Å². The molecule has 0 spiro atoms. The molecule has 0 saturated carbocycles. The Kier molecular flexibility index (Phi) is 6.67. The van der Waals surface area contributed by atoms with Crippen LogP contribution in [0.15, 0.2) is 30.3 Å². The molecule has 0 heterocycles. The van der Waals surface area contributed by atoms with Crippen molar-refractivity contribution in [1.82, 2.24) is 4.72 Å². The molecular formula is C14H21NO4S. The number of rotatable bonds is 9. The Morgan fingerprint density at radius 2 is 1.95 bits per heavy atom. The Bertz CT molecular complexity index is 513. The number of aliphatic carboxylic acids is 1. The Hall–Kier alpha value is -1.40. The van der Waals surface area contributed by atoms with Crippen molar-refractivity contribution >= 4 is 16.0 Å². The summed E-state index contributed by atoms with van der Waals surface area (Å²) in [4.78, 5) is 11.0. The molecule has 1 rings (SSSR count). The molecule has 0 radical (unpaired) electrons. The highest BCUT2D eigenvalue weighted by atomic mass is 32.2. The first-order valence-corrected chi connectivity index (χ1v) is 8.34. The second kappa shape index (κ2) is 8.01. The van der Waals surface area contributed by atoms with Crippen molar-refractivity contribution in [2.45, 2.75) is 26.2 Å². The Morgan fingerprint density at radius 1 is 1.30 bits per heavy atom. The predicted octanol–water partition coefficient (Wildman–Crippen LogP) is 1.65. The second-order valence-electron chi connectivity index (χ2n) is 4.73. The summed E-state index contributed by atoms with van der Waals surface area (Å²) < 4.78 is 26.0. The molecule has 1 atom stereocenters. The lowest BCUT2D eigenvalue weighted by Crippen LogP contribution is -2.34. The van der Waals surface area contributed by atoms with Gasteiger partial charge in [0.15, 0.2) is 0 Å². The lowest BCUT2D eigenvalue weighted by atomic mass is 10.1. The van der Waals surface area contributed by atoms with Gasteiger partial charge in [0.1, 0.15) is 0 Å². The van der Waals surface area contributed by atoms with Crippen LogP contribution < -0.4 is 4.72 Å².